The molecule has 0 unspecified atom stereocenters. The maximum absolute atomic E-state index is 13.0. The first kappa shape index (κ1) is 19.6. The van der Waals surface area contributed by atoms with Gasteiger partial charge in [0.05, 0.1) is 13.7 Å². The van der Waals surface area contributed by atoms with Gasteiger partial charge in [0, 0.05) is 18.0 Å². The van der Waals surface area contributed by atoms with Gasteiger partial charge in [0.15, 0.2) is 0 Å². The number of methoxy groups -OCH3 is 1. The van der Waals surface area contributed by atoms with Crippen LogP contribution in [-0.2, 0) is 12.7 Å². The Labute approximate surface area is 156 Å². The fraction of sp³-hybridized carbons (Fsp3) is 0.222. The highest BCUT2D eigenvalue weighted by Gasteiger charge is 2.34. The van der Waals surface area contributed by atoms with Gasteiger partial charge in [-0.25, -0.2) is 4.98 Å². The first-order valence-electron chi connectivity index (χ1n) is 7.95. The molecule has 0 aliphatic rings. The van der Waals surface area contributed by atoms with E-state index in [4.69, 9.17) is 4.74 Å². The van der Waals surface area contributed by atoms with Crippen LogP contribution in [0.15, 0.2) is 48.8 Å². The predicted octanol–water partition coefficient (Wildman–Crippen LogP) is 4.62. The summed E-state index contributed by atoms with van der Waals surface area (Å²) in [5, 5.41) is 3.70. The molecule has 3 rings (SSSR count). The first-order valence-corrected chi connectivity index (χ1v) is 7.95. The van der Waals surface area contributed by atoms with E-state index >= 15 is 0 Å². The Morgan fingerprint density at radius 3 is 2.61 bits per heavy atom. The highest BCUT2D eigenvalue weighted by atomic mass is 19.4. The fourth-order valence-corrected chi connectivity index (χ4v) is 2.66. The second kappa shape index (κ2) is 7.83. The minimum Gasteiger partial charge on any atom is -0.481 e. The van der Waals surface area contributed by atoms with E-state index in [1.807, 2.05) is 0 Å². The number of benzene rings is 1. The van der Waals surface area contributed by atoms with Crippen LogP contribution in [0.5, 0.6) is 11.6 Å². The Morgan fingerprint density at radius 2 is 1.93 bits per heavy atom. The standard InChI is InChI=1S/C18H14F5N3O2/c1-27-16-14(12-3-2-4-13(8-12)28-17(19)20)7-11(9-24-16)10-26-15(5-6-25-26)18(21,22)23/h2-9,17H,10H2,1H3. The van der Waals surface area contributed by atoms with Crippen LogP contribution in [0.1, 0.15) is 11.3 Å². The van der Waals surface area contributed by atoms with E-state index in [1.165, 1.54) is 31.5 Å². The summed E-state index contributed by atoms with van der Waals surface area (Å²) in [6, 6.07) is 8.30. The third kappa shape index (κ3) is 4.38. The van der Waals surface area contributed by atoms with Crippen LogP contribution in [0.4, 0.5) is 22.0 Å². The van der Waals surface area contributed by atoms with E-state index in [0.717, 1.165) is 16.9 Å². The first-order chi connectivity index (χ1) is 13.3. The van der Waals surface area contributed by atoms with Crippen LogP contribution in [-0.4, -0.2) is 28.5 Å². The molecule has 0 aliphatic carbocycles. The molecule has 0 fully saturated rings. The topological polar surface area (TPSA) is 49.2 Å². The van der Waals surface area contributed by atoms with Gasteiger partial charge in [-0.1, -0.05) is 12.1 Å². The van der Waals surface area contributed by atoms with E-state index in [9.17, 15) is 22.0 Å². The lowest BCUT2D eigenvalue weighted by atomic mass is 10.0. The highest BCUT2D eigenvalue weighted by molar-refractivity contribution is 5.70. The van der Waals surface area contributed by atoms with Crippen LogP contribution >= 0.6 is 0 Å². The molecule has 0 atom stereocenters. The van der Waals surface area contributed by atoms with Crippen molar-refractivity contribution >= 4 is 0 Å². The number of hydrogen-bond acceptors (Lipinski definition) is 4. The van der Waals surface area contributed by atoms with E-state index in [0.29, 0.717) is 16.7 Å². The molecule has 0 radical (unpaired) electrons. The van der Waals surface area contributed by atoms with Gasteiger partial charge in [-0.15, -0.1) is 0 Å². The Hall–Kier alpha value is -3.17. The lowest BCUT2D eigenvalue weighted by molar-refractivity contribution is -0.144. The molecule has 0 N–H and O–H groups in total. The fourth-order valence-electron chi connectivity index (χ4n) is 2.66. The van der Waals surface area contributed by atoms with Crippen molar-refractivity contribution in [1.29, 1.82) is 0 Å². The number of nitrogens with zero attached hydrogens (tertiary/aromatic N) is 3. The van der Waals surface area contributed by atoms with Gasteiger partial charge in [0.2, 0.25) is 5.88 Å². The zero-order valence-corrected chi connectivity index (χ0v) is 14.5. The largest absolute Gasteiger partial charge is 0.481 e. The van der Waals surface area contributed by atoms with Gasteiger partial charge in [0.1, 0.15) is 11.4 Å². The lowest BCUT2D eigenvalue weighted by Crippen LogP contribution is -2.15. The molecule has 28 heavy (non-hydrogen) atoms. The Morgan fingerprint density at radius 1 is 1.14 bits per heavy atom. The Bertz CT molecular complexity index is 956. The highest BCUT2D eigenvalue weighted by Crippen LogP contribution is 2.33. The molecule has 0 saturated carbocycles. The lowest BCUT2D eigenvalue weighted by Gasteiger charge is -2.13. The summed E-state index contributed by atoms with van der Waals surface area (Å²) in [6.45, 7) is -3.17. The van der Waals surface area contributed by atoms with Gasteiger partial charge in [-0.2, -0.15) is 27.1 Å². The molecule has 0 saturated heterocycles. The van der Waals surface area contributed by atoms with Crippen LogP contribution in [0.2, 0.25) is 0 Å². The zero-order valence-electron chi connectivity index (χ0n) is 14.5. The molecule has 0 bridgehead atoms. The van der Waals surface area contributed by atoms with Crippen LogP contribution in [0, 0.1) is 0 Å². The maximum Gasteiger partial charge on any atom is 0.433 e. The summed E-state index contributed by atoms with van der Waals surface area (Å²) in [6.07, 6.45) is -2.12. The predicted molar refractivity (Wildman–Crippen MR) is 89.2 cm³/mol. The number of alkyl halides is 5. The van der Waals surface area contributed by atoms with E-state index in [2.05, 4.69) is 14.8 Å². The summed E-state index contributed by atoms with van der Waals surface area (Å²) < 4.78 is 74.4. The molecule has 0 spiro atoms. The van der Waals surface area contributed by atoms with Gasteiger partial charge in [-0.3, -0.25) is 4.68 Å². The number of aromatic nitrogens is 3. The molecule has 3 aromatic rings. The van der Waals surface area contributed by atoms with E-state index in [1.54, 1.807) is 12.1 Å². The van der Waals surface area contributed by atoms with Crippen molar-refractivity contribution < 1.29 is 31.4 Å². The maximum atomic E-state index is 13.0. The second-order valence-corrected chi connectivity index (χ2v) is 5.68. The molecule has 0 aliphatic heterocycles. The summed E-state index contributed by atoms with van der Waals surface area (Å²) in [4.78, 5) is 4.10. The second-order valence-electron chi connectivity index (χ2n) is 5.68. The van der Waals surface area contributed by atoms with Crippen LogP contribution < -0.4 is 9.47 Å². The van der Waals surface area contributed by atoms with Crippen LogP contribution in [0.3, 0.4) is 0 Å². The van der Waals surface area contributed by atoms with Crippen molar-refractivity contribution in [2.24, 2.45) is 0 Å². The number of rotatable bonds is 6. The molecule has 10 heteroatoms. The smallest absolute Gasteiger partial charge is 0.433 e. The van der Waals surface area contributed by atoms with Gasteiger partial charge in [0.25, 0.3) is 0 Å². The number of hydrogen-bond donors (Lipinski definition) is 0. The summed E-state index contributed by atoms with van der Waals surface area (Å²) in [5.74, 6) is 0.126. The number of ether oxygens (including phenoxy) is 2. The molecule has 2 heterocycles. The SMILES string of the molecule is COc1ncc(Cn2nccc2C(F)(F)F)cc1-c1cccc(OC(F)F)c1. The number of pyridine rings is 1. The zero-order chi connectivity index (χ0) is 20.3. The third-order valence-corrected chi connectivity index (χ3v) is 3.81. The quantitative estimate of drug-likeness (QED) is 0.568. The van der Waals surface area contributed by atoms with Gasteiger partial charge in [-0.05, 0) is 35.4 Å². The molecular weight excluding hydrogens is 385 g/mol. The van der Waals surface area contributed by atoms with E-state index in [-0.39, 0.29) is 18.2 Å². The number of halogens is 5. The minimum atomic E-state index is -4.54. The molecular formula is C18H14F5N3O2. The molecule has 2 aromatic heterocycles. The third-order valence-electron chi connectivity index (χ3n) is 3.81. The van der Waals surface area contributed by atoms with Crippen molar-refractivity contribution in [2.45, 2.75) is 19.3 Å². The van der Waals surface area contributed by atoms with Crippen LogP contribution in [0.25, 0.3) is 11.1 Å². The minimum absolute atomic E-state index is 0.0635. The molecule has 0 amide bonds. The van der Waals surface area contributed by atoms with Crippen molar-refractivity contribution in [2.75, 3.05) is 7.11 Å². The Kier molecular flexibility index (Phi) is 5.48. The average molecular weight is 399 g/mol. The average Bonchev–Trinajstić information content (AvgIpc) is 3.10. The molecule has 5 nitrogen and oxygen atoms in total. The molecule has 148 valence electrons. The van der Waals surface area contributed by atoms with Crippen molar-refractivity contribution in [3.63, 3.8) is 0 Å². The summed E-state index contributed by atoms with van der Waals surface area (Å²) >= 11 is 0. The van der Waals surface area contributed by atoms with Crippen molar-refractivity contribution in [3.8, 4) is 22.8 Å². The van der Waals surface area contributed by atoms with Gasteiger partial charge >= 0.3 is 12.8 Å². The molecule has 1 aromatic carbocycles. The summed E-state index contributed by atoms with van der Waals surface area (Å²) in [7, 11) is 1.38. The normalized spacial score (nSPS) is 11.7. The monoisotopic (exact) mass is 399 g/mol. The van der Waals surface area contributed by atoms with Crippen molar-refractivity contribution in [1.82, 2.24) is 14.8 Å². The summed E-state index contributed by atoms with van der Waals surface area (Å²) in [5.41, 5.74) is 0.406. The van der Waals surface area contributed by atoms with Gasteiger partial charge < -0.3 is 9.47 Å². The Balaban J connectivity index is 1.97. The van der Waals surface area contributed by atoms with Crippen molar-refractivity contribution in [3.05, 3.63) is 60.0 Å². The van der Waals surface area contributed by atoms with E-state index < -0.39 is 18.5 Å².